The van der Waals surface area contributed by atoms with Crippen LogP contribution < -0.4 is 10.2 Å². The van der Waals surface area contributed by atoms with Crippen molar-refractivity contribution in [3.63, 3.8) is 0 Å². The lowest BCUT2D eigenvalue weighted by atomic mass is 10.0. The number of hydrogen-bond donors (Lipinski definition) is 1. The average molecular weight is 554 g/mol. The lowest BCUT2D eigenvalue weighted by molar-refractivity contribution is 0.137. The fourth-order valence-electron chi connectivity index (χ4n) is 8.05. The highest BCUT2D eigenvalue weighted by Crippen LogP contribution is 2.37. The van der Waals surface area contributed by atoms with E-state index in [2.05, 4.69) is 38.0 Å². The maximum Gasteiger partial charge on any atom is 0.158 e. The van der Waals surface area contributed by atoms with Crippen molar-refractivity contribution in [3.8, 4) is 0 Å². The van der Waals surface area contributed by atoms with E-state index >= 15 is 4.39 Å². The van der Waals surface area contributed by atoms with Gasteiger partial charge in [0.25, 0.3) is 0 Å². The topological polar surface area (TPSA) is 36.3 Å². The molecule has 41 heavy (non-hydrogen) atoms. The Labute approximate surface area is 244 Å². The number of piperidine rings is 1. The summed E-state index contributed by atoms with van der Waals surface area (Å²) in [4.78, 5) is 5.29. The number of nitrogens with zero attached hydrogens (tertiary/aromatic N) is 4. The van der Waals surface area contributed by atoms with Crippen LogP contribution >= 0.6 is 0 Å². The molecule has 7 rings (SSSR count). The van der Waals surface area contributed by atoms with Crippen LogP contribution in [-0.2, 0) is 6.54 Å². The van der Waals surface area contributed by atoms with Gasteiger partial charge in [-0.25, -0.2) is 9.07 Å². The molecular formula is C35H44FN5. The Morgan fingerprint density at radius 1 is 0.902 bits per heavy atom. The fourth-order valence-corrected chi connectivity index (χ4v) is 8.05. The van der Waals surface area contributed by atoms with Gasteiger partial charge in [-0.2, -0.15) is 5.10 Å². The summed E-state index contributed by atoms with van der Waals surface area (Å²) in [5.41, 5.74) is 3.23. The van der Waals surface area contributed by atoms with Crippen LogP contribution in [0.1, 0.15) is 74.5 Å². The summed E-state index contributed by atoms with van der Waals surface area (Å²) in [7, 11) is 0. The van der Waals surface area contributed by atoms with E-state index in [0.29, 0.717) is 23.2 Å². The van der Waals surface area contributed by atoms with Gasteiger partial charge in [0, 0.05) is 54.8 Å². The highest BCUT2D eigenvalue weighted by atomic mass is 19.1. The van der Waals surface area contributed by atoms with Crippen LogP contribution in [0.15, 0.2) is 48.6 Å². The first-order valence-electron chi connectivity index (χ1n) is 16.0. The minimum Gasteiger partial charge on any atom is -0.353 e. The minimum absolute atomic E-state index is 0.202. The molecule has 0 aliphatic carbocycles. The number of allylic oxidation sites excluding steroid dienone is 2. The molecule has 0 amide bonds. The fraction of sp³-hybridized carbons (Fsp3) is 0.514. The quantitative estimate of drug-likeness (QED) is 0.230. The first-order valence-corrected chi connectivity index (χ1v) is 16.0. The van der Waals surface area contributed by atoms with E-state index in [4.69, 9.17) is 5.10 Å². The van der Waals surface area contributed by atoms with E-state index < -0.39 is 0 Å². The van der Waals surface area contributed by atoms with E-state index in [1.165, 1.54) is 57.9 Å². The lowest BCUT2D eigenvalue weighted by Gasteiger charge is -2.35. The van der Waals surface area contributed by atoms with Gasteiger partial charge < -0.3 is 10.2 Å². The number of nitrogens with one attached hydrogen (secondary N) is 1. The first kappa shape index (κ1) is 26.9. The molecule has 4 aliphatic heterocycles. The van der Waals surface area contributed by atoms with Crippen molar-refractivity contribution in [3.05, 3.63) is 71.1 Å². The number of hydrogen-bond acceptors (Lipinski definition) is 4. The molecule has 4 aliphatic rings. The molecule has 2 aromatic carbocycles. The van der Waals surface area contributed by atoms with Crippen molar-refractivity contribution in [1.82, 2.24) is 20.0 Å². The molecule has 0 radical (unpaired) electrons. The van der Waals surface area contributed by atoms with Gasteiger partial charge in [0.15, 0.2) is 5.82 Å². The van der Waals surface area contributed by atoms with E-state index in [0.717, 1.165) is 60.5 Å². The second-order valence-corrected chi connectivity index (χ2v) is 12.8. The number of fused-ring (bicyclic) bond motifs is 5. The van der Waals surface area contributed by atoms with Crippen molar-refractivity contribution in [2.75, 3.05) is 24.5 Å². The number of anilines is 1. The second kappa shape index (κ2) is 11.7. The third kappa shape index (κ3) is 5.49. The lowest BCUT2D eigenvalue weighted by Crippen LogP contribution is -2.51. The zero-order valence-corrected chi connectivity index (χ0v) is 24.4. The van der Waals surface area contributed by atoms with Gasteiger partial charge in [-0.05, 0) is 82.0 Å². The smallest absolute Gasteiger partial charge is 0.158 e. The van der Waals surface area contributed by atoms with E-state index in [1.807, 2.05) is 49.4 Å². The van der Waals surface area contributed by atoms with E-state index in [9.17, 15) is 0 Å². The molecular weight excluding hydrogens is 509 g/mol. The number of aromatic nitrogens is 2. The van der Waals surface area contributed by atoms with Crippen LogP contribution in [0.25, 0.3) is 23.1 Å². The van der Waals surface area contributed by atoms with Gasteiger partial charge in [-0.3, -0.25) is 4.90 Å². The summed E-state index contributed by atoms with van der Waals surface area (Å²) < 4.78 is 18.3. The normalized spacial score (nSPS) is 26.3. The zero-order valence-electron chi connectivity index (χ0n) is 24.4. The number of rotatable bonds is 9. The largest absolute Gasteiger partial charge is 0.353 e. The molecule has 216 valence electrons. The molecule has 0 spiro atoms. The minimum atomic E-state index is -0.202. The Bertz CT molecular complexity index is 1400. The van der Waals surface area contributed by atoms with Crippen molar-refractivity contribution >= 4 is 28.9 Å². The van der Waals surface area contributed by atoms with Crippen LogP contribution in [-0.4, -0.2) is 58.5 Å². The summed E-state index contributed by atoms with van der Waals surface area (Å²) in [5, 5.41) is 9.70. The van der Waals surface area contributed by atoms with Gasteiger partial charge >= 0.3 is 0 Å². The zero-order chi connectivity index (χ0) is 27.8. The van der Waals surface area contributed by atoms with Crippen LogP contribution in [0, 0.1) is 12.7 Å². The van der Waals surface area contributed by atoms with Gasteiger partial charge in [-0.1, -0.05) is 61.1 Å². The Hall–Kier alpha value is -2.96. The van der Waals surface area contributed by atoms with Crippen LogP contribution in [0.3, 0.4) is 0 Å². The third-order valence-corrected chi connectivity index (χ3v) is 10.1. The number of halogens is 1. The highest BCUT2D eigenvalue weighted by molar-refractivity contribution is 5.93. The Kier molecular flexibility index (Phi) is 7.70. The summed E-state index contributed by atoms with van der Waals surface area (Å²) >= 11 is 0. The van der Waals surface area contributed by atoms with Crippen molar-refractivity contribution in [2.45, 2.75) is 95.4 Å². The van der Waals surface area contributed by atoms with Gasteiger partial charge in [0.1, 0.15) is 11.3 Å². The molecule has 4 atom stereocenters. The average Bonchev–Trinajstić information content (AvgIpc) is 3.59. The van der Waals surface area contributed by atoms with Gasteiger partial charge in [-0.15, -0.1) is 0 Å². The molecule has 5 nitrogen and oxygen atoms in total. The van der Waals surface area contributed by atoms with E-state index in [1.54, 1.807) is 0 Å². The molecule has 4 bridgehead atoms. The molecule has 6 heteroatoms. The Balaban J connectivity index is 1.14. The maximum absolute atomic E-state index is 16.1. The molecule has 4 fully saturated rings. The molecule has 3 aromatic rings. The Morgan fingerprint density at radius 3 is 2.37 bits per heavy atom. The van der Waals surface area contributed by atoms with Crippen LogP contribution in [0.4, 0.5) is 10.2 Å². The van der Waals surface area contributed by atoms with Crippen molar-refractivity contribution in [1.29, 1.82) is 0 Å². The summed E-state index contributed by atoms with van der Waals surface area (Å²) in [5.74, 6) is 0.922. The standard InChI is InChI=1S/C35H44FN5/c1-25-22-32-34(33(36)31(25)15-6-5-12-26-10-3-2-4-11-26)38-41(35(32)39-23-27-16-17-28(24-39)37-27)21-8-7-20-40-29-13-9-14-30(40)19-18-29/h2-6,10-12,15,22,27-30,37H,7-9,13-14,16-21,23-24H2,1H3/b12-5-,15-6+. The van der Waals surface area contributed by atoms with Crippen molar-refractivity contribution in [2.24, 2.45) is 0 Å². The monoisotopic (exact) mass is 553 g/mol. The Morgan fingerprint density at radius 2 is 1.61 bits per heavy atom. The molecule has 4 unspecified atom stereocenters. The van der Waals surface area contributed by atoms with Gasteiger partial charge in [0.05, 0.1) is 0 Å². The molecule has 0 saturated carbocycles. The molecule has 4 saturated heterocycles. The summed E-state index contributed by atoms with van der Waals surface area (Å²) in [6.45, 7) is 6.01. The summed E-state index contributed by atoms with van der Waals surface area (Å²) in [6.07, 6.45) is 19.5. The number of benzene rings is 2. The second-order valence-electron chi connectivity index (χ2n) is 12.8. The molecule has 1 aromatic heterocycles. The molecule has 1 N–H and O–H groups in total. The predicted octanol–water partition coefficient (Wildman–Crippen LogP) is 6.95. The number of unbranched alkanes of at least 4 members (excludes halogenated alkanes) is 1. The summed E-state index contributed by atoms with van der Waals surface area (Å²) in [6, 6.07) is 15.0. The predicted molar refractivity (Wildman–Crippen MR) is 168 cm³/mol. The van der Waals surface area contributed by atoms with Gasteiger partial charge in [0.2, 0.25) is 0 Å². The van der Waals surface area contributed by atoms with Crippen molar-refractivity contribution < 1.29 is 4.39 Å². The van der Waals surface area contributed by atoms with Crippen LogP contribution in [0.5, 0.6) is 0 Å². The first-order chi connectivity index (χ1) is 20.1. The maximum atomic E-state index is 16.1. The molecule has 5 heterocycles. The van der Waals surface area contributed by atoms with E-state index in [-0.39, 0.29) is 5.82 Å². The number of aryl methyl sites for hydroxylation is 2. The van der Waals surface area contributed by atoms with Crippen LogP contribution in [0.2, 0.25) is 0 Å². The highest BCUT2D eigenvalue weighted by Gasteiger charge is 2.36. The number of piperazine rings is 1. The third-order valence-electron chi connectivity index (χ3n) is 10.1. The SMILES string of the molecule is Cc1cc2c(N3CC4CCC(C3)N4)n(CCCCN3C4CCCC3CC4)nc2c(F)c1/C=C/C=C\c1ccccc1.